The van der Waals surface area contributed by atoms with Crippen molar-refractivity contribution in [1.82, 2.24) is 4.98 Å². The molecule has 2 bridgehead atoms. The van der Waals surface area contributed by atoms with E-state index in [2.05, 4.69) is 68.5 Å². The van der Waals surface area contributed by atoms with Crippen LogP contribution in [-0.2, 0) is 5.31 Å². The Hall–Kier alpha value is -2.35. The summed E-state index contributed by atoms with van der Waals surface area (Å²) in [4.78, 5) is 4.71. The van der Waals surface area contributed by atoms with Gasteiger partial charge in [0.05, 0.1) is 5.69 Å². The molecule has 0 N–H and O–H groups in total. The highest BCUT2D eigenvalue weighted by atomic mass is 14.7. The lowest BCUT2D eigenvalue weighted by molar-refractivity contribution is 0.207. The van der Waals surface area contributed by atoms with Crippen LogP contribution in [0.1, 0.15) is 56.9 Å². The highest BCUT2D eigenvalue weighted by molar-refractivity contribution is 6.16. The van der Waals surface area contributed by atoms with Crippen LogP contribution in [0.2, 0.25) is 0 Å². The van der Waals surface area contributed by atoms with Crippen LogP contribution in [0.4, 0.5) is 0 Å². The fraction of sp³-hybridized carbons (Fsp3) is 0.393. The summed E-state index contributed by atoms with van der Waals surface area (Å²) in [5.41, 5.74) is 6.20. The number of hydrogen-bond acceptors (Lipinski definition) is 1. The summed E-state index contributed by atoms with van der Waals surface area (Å²) in [6.45, 7) is 0. The molecule has 1 heterocycles. The van der Waals surface area contributed by atoms with Gasteiger partial charge in [0.2, 0.25) is 0 Å². The summed E-state index contributed by atoms with van der Waals surface area (Å²) < 4.78 is 0. The molecule has 30 heavy (non-hydrogen) atoms. The van der Waals surface area contributed by atoms with E-state index in [1.165, 1.54) is 68.1 Å². The molecule has 3 aliphatic rings. The van der Waals surface area contributed by atoms with E-state index >= 15 is 0 Å². The van der Waals surface area contributed by atoms with Crippen molar-refractivity contribution in [2.24, 2.45) is 11.8 Å². The molecule has 1 aromatic heterocycles. The third kappa shape index (κ3) is 4.10. The maximum Gasteiger partial charge on any atom is 0.115 e. The molecule has 0 aliphatic heterocycles. The van der Waals surface area contributed by atoms with Gasteiger partial charge >= 0.3 is 0 Å². The lowest BCUT2D eigenvalue weighted by Crippen LogP contribution is -2.35. The number of nitrogens with zero attached hydrogens (tertiary/aromatic N) is 1. The number of fused-ring (bicyclic) bond motifs is 6. The molecule has 3 saturated carbocycles. The van der Waals surface area contributed by atoms with Gasteiger partial charge in [-0.1, -0.05) is 99.2 Å². The predicted octanol–water partition coefficient (Wildman–Crippen LogP) is 6.62. The van der Waals surface area contributed by atoms with Gasteiger partial charge in [-0.15, -0.1) is 0 Å². The van der Waals surface area contributed by atoms with Gasteiger partial charge in [0.25, 0.3) is 0 Å². The Bertz CT molecular complexity index is 938. The van der Waals surface area contributed by atoms with Crippen molar-refractivity contribution in [3.63, 3.8) is 0 Å². The first-order valence-electron chi connectivity index (χ1n) is 11.8. The molecule has 0 saturated heterocycles. The molecule has 152 valence electrons. The van der Waals surface area contributed by atoms with E-state index in [0.717, 1.165) is 17.5 Å². The van der Waals surface area contributed by atoms with Crippen LogP contribution in [0.5, 0.6) is 0 Å². The fourth-order valence-electron chi connectivity index (χ4n) is 6.09. The topological polar surface area (TPSA) is 12.9 Å². The predicted molar refractivity (Wildman–Crippen MR) is 129 cm³/mol. The van der Waals surface area contributed by atoms with Gasteiger partial charge in [-0.3, -0.25) is 4.98 Å². The minimum Gasteiger partial charge on any atom is -0.256 e. The highest BCUT2D eigenvalue weighted by Gasteiger charge is 2.35. The average molecular weight is 393 g/mol. The zero-order valence-corrected chi connectivity index (χ0v) is 18.2. The van der Waals surface area contributed by atoms with E-state index in [0.29, 0.717) is 5.31 Å². The molecule has 2 heteroatoms. The van der Waals surface area contributed by atoms with Crippen LogP contribution >= 0.6 is 0 Å². The number of pyridine rings is 1. The van der Waals surface area contributed by atoms with Crippen molar-refractivity contribution in [3.05, 3.63) is 78.5 Å². The molecule has 1 nitrogen and oxygen atoms in total. The van der Waals surface area contributed by atoms with Crippen molar-refractivity contribution in [1.29, 1.82) is 0 Å². The Labute approximate surface area is 182 Å². The SMILES string of the molecule is BC1(c2ccc(-c3ccc(-c4ccccc4)nc3)cc2)CC2CCCC(CCC2)C1. The van der Waals surface area contributed by atoms with Crippen molar-refractivity contribution in [2.45, 2.75) is 56.7 Å². The molecule has 3 aliphatic carbocycles. The Morgan fingerprint density at radius 3 is 1.83 bits per heavy atom. The second-order valence-corrected chi connectivity index (χ2v) is 9.94. The van der Waals surface area contributed by atoms with Crippen molar-refractivity contribution >= 4 is 7.85 Å². The quantitative estimate of drug-likeness (QED) is 0.456. The lowest BCUT2D eigenvalue weighted by atomic mass is 9.53. The smallest absolute Gasteiger partial charge is 0.115 e. The zero-order chi connectivity index (χ0) is 20.4. The summed E-state index contributed by atoms with van der Waals surface area (Å²) in [5.74, 6) is 1.84. The largest absolute Gasteiger partial charge is 0.256 e. The highest BCUT2D eigenvalue weighted by Crippen LogP contribution is 2.45. The maximum atomic E-state index is 4.71. The van der Waals surface area contributed by atoms with Crippen LogP contribution in [0, 0.1) is 11.8 Å². The first kappa shape index (κ1) is 19.6. The maximum absolute atomic E-state index is 4.71. The van der Waals surface area contributed by atoms with E-state index in [-0.39, 0.29) is 0 Å². The molecule has 0 unspecified atom stereocenters. The molecule has 0 spiro atoms. The third-order valence-corrected chi connectivity index (χ3v) is 7.68. The molecular weight excluding hydrogens is 361 g/mol. The standard InChI is InChI=1S/C28H32BN/c29-28(18-21-6-4-7-22(19-28)9-5-8-21)26-15-12-23(13-16-26)25-14-17-27(30-20-25)24-10-2-1-3-11-24/h1-3,10-17,20-22H,4-9,18-19,29H2. The van der Waals surface area contributed by atoms with Crippen LogP contribution < -0.4 is 0 Å². The zero-order valence-electron chi connectivity index (χ0n) is 18.2. The van der Waals surface area contributed by atoms with Crippen molar-refractivity contribution in [3.8, 4) is 22.4 Å². The molecule has 2 aromatic carbocycles. The van der Waals surface area contributed by atoms with Gasteiger partial charge in [0.1, 0.15) is 7.85 Å². The summed E-state index contributed by atoms with van der Waals surface area (Å²) in [5, 5.41) is 0.337. The minimum absolute atomic E-state index is 0.337. The first-order valence-corrected chi connectivity index (χ1v) is 11.8. The third-order valence-electron chi connectivity index (χ3n) is 7.68. The van der Waals surface area contributed by atoms with Gasteiger partial charge in [0.15, 0.2) is 0 Å². The van der Waals surface area contributed by atoms with E-state index in [1.54, 1.807) is 5.56 Å². The van der Waals surface area contributed by atoms with Crippen LogP contribution in [0.25, 0.3) is 22.4 Å². The van der Waals surface area contributed by atoms with Gasteiger partial charge in [-0.2, -0.15) is 0 Å². The minimum atomic E-state index is 0.337. The molecule has 0 amide bonds. The van der Waals surface area contributed by atoms with Gasteiger partial charge in [-0.25, -0.2) is 0 Å². The van der Waals surface area contributed by atoms with Crippen LogP contribution in [0.3, 0.4) is 0 Å². The summed E-state index contributed by atoms with van der Waals surface area (Å²) in [6, 6.07) is 24.2. The second-order valence-electron chi connectivity index (χ2n) is 9.94. The van der Waals surface area contributed by atoms with Gasteiger partial charge in [0, 0.05) is 17.3 Å². The Morgan fingerprint density at radius 1 is 0.667 bits per heavy atom. The number of benzene rings is 2. The van der Waals surface area contributed by atoms with Crippen molar-refractivity contribution in [2.75, 3.05) is 0 Å². The number of rotatable bonds is 3. The van der Waals surface area contributed by atoms with Gasteiger partial charge in [-0.05, 0) is 47.2 Å². The Kier molecular flexibility index (Phi) is 5.50. The molecular formula is C28H32BN. The van der Waals surface area contributed by atoms with Gasteiger partial charge < -0.3 is 0 Å². The molecule has 3 aromatic rings. The number of hydrogen-bond donors (Lipinski definition) is 0. The number of aromatic nitrogens is 1. The molecule has 0 atom stereocenters. The summed E-state index contributed by atoms with van der Waals surface area (Å²) in [6.07, 6.45) is 13.5. The van der Waals surface area contributed by atoms with Crippen LogP contribution in [-0.4, -0.2) is 12.8 Å². The second kappa shape index (κ2) is 8.42. The molecule has 3 fully saturated rings. The summed E-state index contributed by atoms with van der Waals surface area (Å²) in [7, 11) is 2.54. The van der Waals surface area contributed by atoms with Crippen molar-refractivity contribution < 1.29 is 0 Å². The average Bonchev–Trinajstić information content (AvgIpc) is 2.76. The summed E-state index contributed by atoms with van der Waals surface area (Å²) >= 11 is 0. The van der Waals surface area contributed by atoms with E-state index in [4.69, 9.17) is 4.98 Å². The molecule has 0 radical (unpaired) electrons. The van der Waals surface area contributed by atoms with E-state index < -0.39 is 0 Å². The first-order chi connectivity index (χ1) is 14.7. The fourth-order valence-corrected chi connectivity index (χ4v) is 6.09. The Balaban J connectivity index is 1.37. The lowest BCUT2D eigenvalue weighted by Gasteiger charge is -2.42. The Morgan fingerprint density at radius 2 is 1.27 bits per heavy atom. The monoisotopic (exact) mass is 393 g/mol. The normalized spacial score (nSPS) is 26.5. The van der Waals surface area contributed by atoms with E-state index in [9.17, 15) is 0 Å². The van der Waals surface area contributed by atoms with Crippen LogP contribution in [0.15, 0.2) is 72.9 Å². The van der Waals surface area contributed by atoms with E-state index in [1.807, 2.05) is 12.3 Å². The molecule has 6 rings (SSSR count).